The number of hydrogen-bond acceptors (Lipinski definition) is 6. The van der Waals surface area contributed by atoms with Crippen molar-refractivity contribution in [1.82, 2.24) is 24.6 Å². The van der Waals surface area contributed by atoms with Crippen molar-refractivity contribution in [2.24, 2.45) is 7.05 Å². The standard InChI is InChI=1S/C14H17N5O3S/c1-18-10-16-17-14(18)23(21,22)12-4-8-19(9-5-12)13(20)11-2-6-15-7-3-11/h2-3,6-7,10,12H,4-5,8-9H2,1H3. The minimum Gasteiger partial charge on any atom is -0.339 e. The number of amides is 1. The van der Waals surface area contributed by atoms with Gasteiger partial charge in [0, 0.05) is 38.1 Å². The van der Waals surface area contributed by atoms with Crippen molar-refractivity contribution < 1.29 is 13.2 Å². The molecule has 3 heterocycles. The number of pyridine rings is 1. The van der Waals surface area contributed by atoms with Gasteiger partial charge in [0.05, 0.1) is 5.25 Å². The predicted molar refractivity (Wildman–Crippen MR) is 81.4 cm³/mol. The average Bonchev–Trinajstić information content (AvgIpc) is 3.02. The molecule has 1 aliphatic heterocycles. The van der Waals surface area contributed by atoms with E-state index in [9.17, 15) is 13.2 Å². The van der Waals surface area contributed by atoms with Gasteiger partial charge in [-0.3, -0.25) is 9.78 Å². The fraction of sp³-hybridized carbons (Fsp3) is 0.429. The van der Waals surface area contributed by atoms with Gasteiger partial charge in [-0.2, -0.15) is 0 Å². The highest BCUT2D eigenvalue weighted by molar-refractivity contribution is 7.91. The summed E-state index contributed by atoms with van der Waals surface area (Å²) in [6.07, 6.45) is 5.30. The van der Waals surface area contributed by atoms with Gasteiger partial charge in [0.15, 0.2) is 0 Å². The summed E-state index contributed by atoms with van der Waals surface area (Å²) in [6, 6.07) is 3.31. The summed E-state index contributed by atoms with van der Waals surface area (Å²) < 4.78 is 26.6. The molecule has 0 atom stereocenters. The Balaban J connectivity index is 1.69. The first-order valence-electron chi connectivity index (χ1n) is 7.27. The Labute approximate surface area is 134 Å². The van der Waals surface area contributed by atoms with Crippen LogP contribution in [0.25, 0.3) is 0 Å². The van der Waals surface area contributed by atoms with Crippen molar-refractivity contribution in [1.29, 1.82) is 0 Å². The van der Waals surface area contributed by atoms with E-state index in [4.69, 9.17) is 0 Å². The molecule has 122 valence electrons. The van der Waals surface area contributed by atoms with Crippen molar-refractivity contribution in [3.63, 3.8) is 0 Å². The van der Waals surface area contributed by atoms with Crippen molar-refractivity contribution in [3.8, 4) is 0 Å². The number of aryl methyl sites for hydroxylation is 1. The molecule has 1 saturated heterocycles. The lowest BCUT2D eigenvalue weighted by molar-refractivity contribution is 0.0725. The van der Waals surface area contributed by atoms with Crippen molar-refractivity contribution in [2.75, 3.05) is 13.1 Å². The molecular formula is C14H17N5O3S. The molecule has 1 amide bonds. The predicted octanol–water partition coefficient (Wildman–Crippen LogP) is 0.289. The monoisotopic (exact) mass is 335 g/mol. The van der Waals surface area contributed by atoms with Crippen LogP contribution in [-0.4, -0.2) is 57.3 Å². The van der Waals surface area contributed by atoms with Crippen LogP contribution in [0.2, 0.25) is 0 Å². The Bertz CT molecular complexity index is 795. The fourth-order valence-corrected chi connectivity index (χ4v) is 4.46. The van der Waals surface area contributed by atoms with Gasteiger partial charge in [-0.05, 0) is 25.0 Å². The first-order valence-corrected chi connectivity index (χ1v) is 8.82. The van der Waals surface area contributed by atoms with Crippen LogP contribution in [0.5, 0.6) is 0 Å². The molecule has 0 N–H and O–H groups in total. The van der Waals surface area contributed by atoms with Crippen LogP contribution in [-0.2, 0) is 16.9 Å². The molecule has 9 heteroatoms. The lowest BCUT2D eigenvalue weighted by atomic mass is 10.1. The number of carbonyl (C=O) groups excluding carboxylic acids is 1. The van der Waals surface area contributed by atoms with E-state index in [-0.39, 0.29) is 11.1 Å². The van der Waals surface area contributed by atoms with Crippen LogP contribution in [0, 0.1) is 0 Å². The molecule has 8 nitrogen and oxygen atoms in total. The highest BCUT2D eigenvalue weighted by Gasteiger charge is 2.35. The zero-order valence-corrected chi connectivity index (χ0v) is 13.5. The van der Waals surface area contributed by atoms with Crippen LogP contribution >= 0.6 is 0 Å². The normalized spacial score (nSPS) is 16.5. The first kappa shape index (κ1) is 15.6. The zero-order valence-electron chi connectivity index (χ0n) is 12.7. The van der Waals surface area contributed by atoms with E-state index >= 15 is 0 Å². The van der Waals surface area contributed by atoms with E-state index in [1.54, 1.807) is 36.5 Å². The molecular weight excluding hydrogens is 318 g/mol. The fourth-order valence-electron chi connectivity index (χ4n) is 2.73. The second kappa shape index (κ2) is 6.07. The molecule has 2 aromatic rings. The summed E-state index contributed by atoms with van der Waals surface area (Å²) >= 11 is 0. The Hall–Kier alpha value is -2.29. The lowest BCUT2D eigenvalue weighted by Crippen LogP contribution is -2.42. The molecule has 0 aliphatic carbocycles. The maximum Gasteiger partial charge on any atom is 0.253 e. The maximum atomic E-state index is 12.6. The average molecular weight is 335 g/mol. The molecule has 1 aliphatic rings. The third-order valence-corrected chi connectivity index (χ3v) is 6.25. The molecule has 0 saturated carbocycles. The Morgan fingerprint density at radius 1 is 1.22 bits per heavy atom. The Morgan fingerprint density at radius 3 is 2.43 bits per heavy atom. The van der Waals surface area contributed by atoms with Crippen LogP contribution in [0.3, 0.4) is 0 Å². The van der Waals surface area contributed by atoms with E-state index in [1.165, 1.54) is 10.9 Å². The number of likely N-dealkylation sites (tertiary alicyclic amines) is 1. The highest BCUT2D eigenvalue weighted by Crippen LogP contribution is 2.23. The summed E-state index contributed by atoms with van der Waals surface area (Å²) in [5, 5.41) is 6.78. The van der Waals surface area contributed by atoms with E-state index in [0.29, 0.717) is 31.5 Å². The van der Waals surface area contributed by atoms with Gasteiger partial charge in [-0.1, -0.05) is 0 Å². The Morgan fingerprint density at radius 2 is 1.87 bits per heavy atom. The quantitative estimate of drug-likeness (QED) is 0.799. The van der Waals surface area contributed by atoms with Crippen molar-refractivity contribution >= 4 is 15.7 Å². The number of carbonyl (C=O) groups is 1. The van der Waals surface area contributed by atoms with Gasteiger partial charge in [-0.15, -0.1) is 10.2 Å². The maximum absolute atomic E-state index is 12.6. The number of nitrogens with zero attached hydrogens (tertiary/aromatic N) is 5. The van der Waals surface area contributed by atoms with E-state index < -0.39 is 15.1 Å². The molecule has 0 radical (unpaired) electrons. The lowest BCUT2D eigenvalue weighted by Gasteiger charge is -2.31. The highest BCUT2D eigenvalue weighted by atomic mass is 32.2. The molecule has 0 aromatic carbocycles. The minimum atomic E-state index is -3.52. The van der Waals surface area contributed by atoms with Crippen LogP contribution in [0.15, 0.2) is 36.0 Å². The number of sulfone groups is 1. The van der Waals surface area contributed by atoms with Gasteiger partial charge in [0.2, 0.25) is 15.0 Å². The third kappa shape index (κ3) is 2.96. The molecule has 0 bridgehead atoms. The molecule has 3 rings (SSSR count). The third-order valence-electron chi connectivity index (χ3n) is 4.02. The topological polar surface area (TPSA) is 98.0 Å². The van der Waals surface area contributed by atoms with E-state index in [2.05, 4.69) is 15.2 Å². The van der Waals surface area contributed by atoms with E-state index in [1.807, 2.05) is 0 Å². The van der Waals surface area contributed by atoms with Crippen LogP contribution in [0.1, 0.15) is 23.2 Å². The van der Waals surface area contributed by atoms with Crippen molar-refractivity contribution in [2.45, 2.75) is 23.2 Å². The second-order valence-electron chi connectivity index (χ2n) is 5.50. The zero-order chi connectivity index (χ0) is 16.4. The number of aromatic nitrogens is 4. The molecule has 0 spiro atoms. The summed E-state index contributed by atoms with van der Waals surface area (Å²) in [5.41, 5.74) is 0.564. The van der Waals surface area contributed by atoms with Crippen molar-refractivity contribution in [3.05, 3.63) is 36.4 Å². The summed E-state index contributed by atoms with van der Waals surface area (Å²) in [4.78, 5) is 17.9. The van der Waals surface area contributed by atoms with Gasteiger partial charge in [-0.25, -0.2) is 8.42 Å². The smallest absolute Gasteiger partial charge is 0.253 e. The minimum absolute atomic E-state index is 0.0172. The van der Waals surface area contributed by atoms with Crippen LogP contribution < -0.4 is 0 Å². The summed E-state index contributed by atoms with van der Waals surface area (Å²) in [7, 11) is -1.92. The van der Waals surface area contributed by atoms with E-state index in [0.717, 1.165) is 0 Å². The molecule has 1 fully saturated rings. The number of hydrogen-bond donors (Lipinski definition) is 0. The number of piperidine rings is 1. The van der Waals surface area contributed by atoms with Gasteiger partial charge in [0.25, 0.3) is 5.91 Å². The SMILES string of the molecule is Cn1cnnc1S(=O)(=O)C1CCN(C(=O)c2ccncc2)CC1. The number of rotatable bonds is 3. The summed E-state index contributed by atoms with van der Waals surface area (Å²) in [5.74, 6) is -0.0955. The summed E-state index contributed by atoms with van der Waals surface area (Å²) in [6.45, 7) is 0.811. The van der Waals surface area contributed by atoms with Gasteiger partial charge >= 0.3 is 0 Å². The largest absolute Gasteiger partial charge is 0.339 e. The van der Waals surface area contributed by atoms with Crippen LogP contribution in [0.4, 0.5) is 0 Å². The second-order valence-corrected chi connectivity index (χ2v) is 7.62. The molecule has 2 aromatic heterocycles. The Kier molecular flexibility index (Phi) is 4.12. The van der Waals surface area contributed by atoms with Gasteiger partial charge in [0.1, 0.15) is 6.33 Å². The molecule has 0 unspecified atom stereocenters. The first-order chi connectivity index (χ1) is 11.0. The molecule has 23 heavy (non-hydrogen) atoms. The van der Waals surface area contributed by atoms with Gasteiger partial charge < -0.3 is 9.47 Å².